The van der Waals surface area contributed by atoms with Crippen LogP contribution in [0.2, 0.25) is 0 Å². The summed E-state index contributed by atoms with van der Waals surface area (Å²) in [5, 5.41) is 0. The van der Waals surface area contributed by atoms with E-state index >= 15 is 0 Å². The van der Waals surface area contributed by atoms with Gasteiger partial charge in [-0.25, -0.2) is 0 Å². The Hall–Kier alpha value is -0.830. The van der Waals surface area contributed by atoms with Crippen molar-refractivity contribution in [1.29, 1.82) is 0 Å². The molecule has 0 heterocycles. The van der Waals surface area contributed by atoms with Gasteiger partial charge in [0.2, 0.25) is 0 Å². The second-order valence-electron chi connectivity index (χ2n) is 2.05. The topological polar surface area (TPSA) is 26.3 Å². The molecule has 3 heteroatoms. The first-order chi connectivity index (χ1) is 5.18. The van der Waals surface area contributed by atoms with Crippen LogP contribution in [0.25, 0.3) is 0 Å². The zero-order valence-electron chi connectivity index (χ0n) is 6.00. The van der Waals surface area contributed by atoms with Crippen LogP contribution in [0.1, 0.15) is 6.92 Å². The Bertz CT molecular complexity index is 253. The molecule has 0 atom stereocenters. The Morgan fingerprint density at radius 2 is 1.91 bits per heavy atom. The van der Waals surface area contributed by atoms with Crippen LogP contribution in [0.15, 0.2) is 28.7 Å². The molecule has 0 unspecified atom stereocenters. The van der Waals surface area contributed by atoms with Crippen molar-refractivity contribution < 1.29 is 9.53 Å². The van der Waals surface area contributed by atoms with Crippen LogP contribution < -0.4 is 4.74 Å². The number of ether oxygens (including phenoxy) is 1. The molecule has 0 saturated heterocycles. The maximum Gasteiger partial charge on any atom is 0.308 e. The minimum absolute atomic E-state index is 0.299. The van der Waals surface area contributed by atoms with Gasteiger partial charge in [0.05, 0.1) is 0 Å². The molecule has 0 N–H and O–H groups in total. The molecule has 0 aliphatic heterocycles. The minimum atomic E-state index is -0.299. The van der Waals surface area contributed by atoms with Gasteiger partial charge >= 0.3 is 5.97 Å². The van der Waals surface area contributed by atoms with E-state index < -0.39 is 0 Å². The first kappa shape index (κ1) is 8.27. The SMILES string of the molecule is CC(=O)O[13c]1[13cH][13cH][13c](Br)[13cH][13cH]1. The Morgan fingerprint density at radius 1 is 1.36 bits per heavy atom. The summed E-state index contributed by atoms with van der Waals surface area (Å²) in [6.45, 7) is 1.38. The minimum Gasteiger partial charge on any atom is -0.427 e. The molecule has 11 heavy (non-hydrogen) atoms. The Kier molecular flexibility index (Phi) is 2.65. The third-order valence-corrected chi connectivity index (χ3v) is 1.60. The van der Waals surface area contributed by atoms with Gasteiger partial charge in [-0.15, -0.1) is 0 Å². The highest BCUT2D eigenvalue weighted by Crippen LogP contribution is 2.15. The van der Waals surface area contributed by atoms with E-state index in [2.05, 4.69) is 15.9 Å². The molecule has 0 aliphatic rings. The van der Waals surface area contributed by atoms with Crippen LogP contribution in [0, 0.1) is 0 Å². The molecule has 0 fully saturated rings. The Labute approximate surface area is 73.3 Å². The highest BCUT2D eigenvalue weighted by atomic mass is 79.9. The molecule has 0 aromatic heterocycles. The number of esters is 1. The lowest BCUT2D eigenvalue weighted by Gasteiger charge is -1.98. The number of benzene rings is 1. The summed E-state index contributed by atoms with van der Waals surface area (Å²) in [6.07, 6.45) is 0. The number of hydrogen-bond donors (Lipinski definition) is 0. The molecule has 0 saturated carbocycles. The van der Waals surface area contributed by atoms with Crippen LogP contribution >= 0.6 is 15.9 Å². The summed E-state index contributed by atoms with van der Waals surface area (Å²) >= 11 is 3.27. The van der Waals surface area contributed by atoms with Crippen molar-refractivity contribution >= 4 is 21.9 Å². The second kappa shape index (κ2) is 3.53. The van der Waals surface area contributed by atoms with Crippen molar-refractivity contribution in [3.8, 4) is 5.75 Å². The van der Waals surface area contributed by atoms with Crippen LogP contribution in [0.3, 0.4) is 0 Å². The third kappa shape index (κ3) is 2.72. The molecule has 0 aliphatic carbocycles. The van der Waals surface area contributed by atoms with Crippen molar-refractivity contribution in [3.05, 3.63) is 28.7 Å². The summed E-state index contributed by atoms with van der Waals surface area (Å²) in [4.78, 5) is 10.5. The van der Waals surface area contributed by atoms with Gasteiger partial charge in [0.1, 0.15) is 5.75 Å². The van der Waals surface area contributed by atoms with E-state index in [1.807, 2.05) is 12.1 Å². The van der Waals surface area contributed by atoms with E-state index in [9.17, 15) is 4.79 Å². The zero-order chi connectivity index (χ0) is 8.27. The van der Waals surface area contributed by atoms with Gasteiger partial charge in [-0.05, 0) is 24.3 Å². The predicted octanol–water partition coefficient (Wildman–Crippen LogP) is 2.37. The van der Waals surface area contributed by atoms with Crippen LogP contribution in [0.5, 0.6) is 5.75 Å². The molecular formula is C8H7BrO2. The van der Waals surface area contributed by atoms with E-state index in [1.54, 1.807) is 12.1 Å². The summed E-state index contributed by atoms with van der Waals surface area (Å²) < 4.78 is 5.78. The van der Waals surface area contributed by atoms with Crippen molar-refractivity contribution in [2.45, 2.75) is 6.92 Å². The number of halogens is 1. The highest BCUT2D eigenvalue weighted by molar-refractivity contribution is 9.10. The first-order valence-corrected chi connectivity index (χ1v) is 3.92. The smallest absolute Gasteiger partial charge is 0.308 e. The van der Waals surface area contributed by atoms with Crippen LogP contribution in [0.4, 0.5) is 0 Å². The van der Waals surface area contributed by atoms with E-state index in [1.165, 1.54) is 6.92 Å². The van der Waals surface area contributed by atoms with Crippen LogP contribution in [-0.4, -0.2) is 5.97 Å². The lowest BCUT2D eigenvalue weighted by atomic mass is 10.8. The average Bonchev–Trinajstić information content (AvgIpc) is 1.93. The molecular weight excluding hydrogens is 214 g/mol. The molecule has 1 aromatic carbocycles. The van der Waals surface area contributed by atoms with Gasteiger partial charge < -0.3 is 4.74 Å². The molecule has 1 aromatic rings. The lowest BCUT2D eigenvalue weighted by Crippen LogP contribution is -2.00. The first-order valence-electron chi connectivity index (χ1n) is 3.12. The molecule has 58 valence electrons. The van der Waals surface area contributed by atoms with Gasteiger partial charge in [0.15, 0.2) is 0 Å². The van der Waals surface area contributed by atoms with Crippen molar-refractivity contribution in [1.82, 2.24) is 0 Å². The average molecular weight is 221 g/mol. The standard InChI is InChI=1S/C8H7BrO2/c1-6(10)11-8-4-2-7(9)3-5-8/h2-5H,1H3/i2+1,3+1,4+1,5+1,7+1,8+1. The van der Waals surface area contributed by atoms with Gasteiger partial charge in [-0.2, -0.15) is 0 Å². The van der Waals surface area contributed by atoms with E-state index in [0.717, 1.165) is 4.47 Å². The number of carbonyl (C=O) groups excluding carboxylic acids is 1. The number of hydrogen-bond acceptors (Lipinski definition) is 2. The van der Waals surface area contributed by atoms with Gasteiger partial charge in [-0.3, -0.25) is 4.79 Å². The quantitative estimate of drug-likeness (QED) is 0.537. The molecule has 0 bridgehead atoms. The predicted molar refractivity (Wildman–Crippen MR) is 45.5 cm³/mol. The fourth-order valence-corrected chi connectivity index (χ4v) is 0.933. The van der Waals surface area contributed by atoms with Crippen molar-refractivity contribution in [2.24, 2.45) is 0 Å². The van der Waals surface area contributed by atoms with E-state index in [0.29, 0.717) is 5.75 Å². The second-order valence-corrected chi connectivity index (χ2v) is 2.96. The molecule has 0 spiro atoms. The highest BCUT2D eigenvalue weighted by Gasteiger charge is 1.95. The summed E-state index contributed by atoms with van der Waals surface area (Å²) in [5.41, 5.74) is 0. The van der Waals surface area contributed by atoms with Gasteiger partial charge in [0.25, 0.3) is 0 Å². The molecule has 0 radical (unpaired) electrons. The Morgan fingerprint density at radius 3 is 2.36 bits per heavy atom. The largest absolute Gasteiger partial charge is 0.427 e. The Balaban J connectivity index is 2.74. The van der Waals surface area contributed by atoms with E-state index in [-0.39, 0.29) is 5.97 Å². The summed E-state index contributed by atoms with van der Waals surface area (Å²) in [6, 6.07) is 7.09. The number of carbonyl (C=O) groups is 1. The van der Waals surface area contributed by atoms with Crippen molar-refractivity contribution in [3.63, 3.8) is 0 Å². The lowest BCUT2D eigenvalue weighted by molar-refractivity contribution is -0.131. The fourth-order valence-electron chi connectivity index (χ4n) is 0.669. The normalized spacial score (nSPS) is 9.27. The monoisotopic (exact) mass is 220 g/mol. The van der Waals surface area contributed by atoms with Gasteiger partial charge in [-0.1, -0.05) is 15.9 Å². The van der Waals surface area contributed by atoms with Gasteiger partial charge in [0, 0.05) is 11.4 Å². The van der Waals surface area contributed by atoms with E-state index in [4.69, 9.17) is 4.74 Å². The third-order valence-electron chi connectivity index (χ3n) is 1.08. The number of rotatable bonds is 1. The molecule has 0 amide bonds. The molecule has 2 nitrogen and oxygen atoms in total. The summed E-state index contributed by atoms with van der Waals surface area (Å²) in [7, 11) is 0. The zero-order valence-corrected chi connectivity index (χ0v) is 7.59. The summed E-state index contributed by atoms with van der Waals surface area (Å²) in [5.74, 6) is 0.271. The van der Waals surface area contributed by atoms with Crippen molar-refractivity contribution in [2.75, 3.05) is 0 Å². The fraction of sp³-hybridized carbons (Fsp3) is 0.125. The maximum atomic E-state index is 10.5. The maximum absolute atomic E-state index is 10.5. The van der Waals surface area contributed by atoms with Crippen LogP contribution in [-0.2, 0) is 4.79 Å². The molecule has 1 rings (SSSR count).